The average Bonchev–Trinajstić information content (AvgIpc) is 3.20. The van der Waals surface area contributed by atoms with Gasteiger partial charge in [0.05, 0.1) is 17.6 Å². The van der Waals surface area contributed by atoms with Crippen LogP contribution in [0.1, 0.15) is 30.7 Å². The van der Waals surface area contributed by atoms with Crippen molar-refractivity contribution < 1.29 is 19.3 Å². The highest BCUT2D eigenvalue weighted by Gasteiger charge is 2.31. The molecule has 0 saturated carbocycles. The van der Waals surface area contributed by atoms with Crippen molar-refractivity contribution >= 4 is 23.2 Å². The Balaban J connectivity index is 1.57. The molecular formula is C23H24N3O3+. The fraction of sp³-hybridized carbons (Fsp3) is 0.217. The number of amides is 2. The highest BCUT2D eigenvalue weighted by Crippen LogP contribution is 2.31. The first-order chi connectivity index (χ1) is 14.1. The van der Waals surface area contributed by atoms with Gasteiger partial charge in [-0.25, -0.2) is 0 Å². The number of para-hydroxylation sites is 2. The maximum Gasteiger partial charge on any atom is 0.282 e. The molecule has 1 aliphatic heterocycles. The minimum atomic E-state index is -0.224. The maximum absolute atomic E-state index is 13.3. The molecule has 0 aliphatic carbocycles. The number of nitrogens with two attached hydrogens (primary N) is 1. The average molecular weight is 390 g/mol. The standard InChI is InChI=1S/C23H23N3O3/c1-16-14-21(27)25-18-10-5-6-11-19(18)26(16)22(28)15-24-23(20-12-7-13-29-20)17-8-3-2-4-9-17/h2-13,16,23-24H,14-15H2,1H3,(H,25,27)/p+1/t16-,23-/m1/s1. The zero-order valence-corrected chi connectivity index (χ0v) is 16.2. The van der Waals surface area contributed by atoms with E-state index in [1.165, 1.54) is 0 Å². The summed E-state index contributed by atoms with van der Waals surface area (Å²) in [5, 5.41) is 4.87. The molecule has 6 heteroatoms. The Labute approximate surface area is 169 Å². The van der Waals surface area contributed by atoms with Crippen LogP contribution in [0.4, 0.5) is 11.4 Å². The first-order valence-electron chi connectivity index (χ1n) is 9.76. The monoisotopic (exact) mass is 390 g/mol. The van der Waals surface area contributed by atoms with E-state index in [-0.39, 0.29) is 36.9 Å². The maximum atomic E-state index is 13.3. The number of hydrogen-bond acceptors (Lipinski definition) is 3. The van der Waals surface area contributed by atoms with Gasteiger partial charge >= 0.3 is 0 Å². The van der Waals surface area contributed by atoms with Crippen LogP contribution in [-0.4, -0.2) is 24.4 Å². The summed E-state index contributed by atoms with van der Waals surface area (Å²) in [6.45, 7) is 2.13. The molecule has 1 aliphatic rings. The molecule has 3 aromatic rings. The zero-order chi connectivity index (χ0) is 20.2. The van der Waals surface area contributed by atoms with E-state index in [4.69, 9.17) is 4.42 Å². The number of hydrogen-bond donors (Lipinski definition) is 2. The molecule has 3 N–H and O–H groups in total. The van der Waals surface area contributed by atoms with Gasteiger partial charge in [0, 0.05) is 18.0 Å². The van der Waals surface area contributed by atoms with Crippen LogP contribution in [0.3, 0.4) is 0 Å². The van der Waals surface area contributed by atoms with Crippen LogP contribution in [0.25, 0.3) is 0 Å². The third kappa shape index (κ3) is 4.07. The van der Waals surface area contributed by atoms with Crippen LogP contribution < -0.4 is 15.5 Å². The molecule has 2 aromatic carbocycles. The Kier molecular flexibility index (Phi) is 5.44. The molecule has 2 atom stereocenters. The van der Waals surface area contributed by atoms with Crippen molar-refractivity contribution in [2.45, 2.75) is 25.4 Å². The lowest BCUT2D eigenvalue weighted by molar-refractivity contribution is -0.678. The van der Waals surface area contributed by atoms with Crippen LogP contribution in [0.15, 0.2) is 77.4 Å². The first kappa shape index (κ1) is 19.0. The molecule has 6 nitrogen and oxygen atoms in total. The molecule has 1 aromatic heterocycles. The molecule has 29 heavy (non-hydrogen) atoms. The number of nitrogens with zero attached hydrogens (tertiary/aromatic N) is 1. The van der Waals surface area contributed by atoms with Gasteiger partial charge in [-0.1, -0.05) is 42.5 Å². The number of nitrogens with one attached hydrogen (secondary N) is 1. The van der Waals surface area contributed by atoms with Crippen molar-refractivity contribution in [2.24, 2.45) is 0 Å². The Bertz CT molecular complexity index is 986. The molecule has 0 unspecified atom stereocenters. The predicted molar refractivity (Wildman–Crippen MR) is 110 cm³/mol. The van der Waals surface area contributed by atoms with E-state index in [1.54, 1.807) is 11.2 Å². The number of fused-ring (bicyclic) bond motifs is 1. The number of rotatable bonds is 5. The largest absolute Gasteiger partial charge is 0.463 e. The van der Waals surface area contributed by atoms with Crippen molar-refractivity contribution in [3.8, 4) is 0 Å². The highest BCUT2D eigenvalue weighted by molar-refractivity contribution is 6.04. The summed E-state index contributed by atoms with van der Waals surface area (Å²) < 4.78 is 5.63. The molecule has 0 fully saturated rings. The van der Waals surface area contributed by atoms with E-state index in [0.29, 0.717) is 5.69 Å². The molecule has 0 radical (unpaired) electrons. The van der Waals surface area contributed by atoms with Gasteiger partial charge in [-0.2, -0.15) is 0 Å². The zero-order valence-electron chi connectivity index (χ0n) is 16.2. The van der Waals surface area contributed by atoms with Gasteiger partial charge in [-0.05, 0) is 31.2 Å². The summed E-state index contributed by atoms with van der Waals surface area (Å²) in [7, 11) is 0. The molecule has 4 rings (SSSR count). The molecule has 2 heterocycles. The van der Waals surface area contributed by atoms with Gasteiger partial charge < -0.3 is 20.0 Å². The summed E-state index contributed by atoms with van der Waals surface area (Å²) >= 11 is 0. The summed E-state index contributed by atoms with van der Waals surface area (Å²) in [4.78, 5) is 27.2. The summed E-state index contributed by atoms with van der Waals surface area (Å²) in [5.41, 5.74) is 2.47. The molecule has 148 valence electrons. The Morgan fingerprint density at radius 1 is 1.14 bits per heavy atom. The smallest absolute Gasteiger partial charge is 0.282 e. The number of furan rings is 1. The van der Waals surface area contributed by atoms with Crippen molar-refractivity contribution in [1.82, 2.24) is 0 Å². The number of benzene rings is 2. The molecule has 0 bridgehead atoms. The minimum absolute atomic E-state index is 0.0473. The van der Waals surface area contributed by atoms with E-state index in [1.807, 2.05) is 79.0 Å². The van der Waals surface area contributed by atoms with Gasteiger partial charge in [0.15, 0.2) is 18.3 Å². The van der Waals surface area contributed by atoms with Gasteiger partial charge in [0.25, 0.3) is 5.91 Å². The van der Waals surface area contributed by atoms with Crippen molar-refractivity contribution in [1.29, 1.82) is 0 Å². The Hall–Kier alpha value is -3.38. The van der Waals surface area contributed by atoms with Crippen molar-refractivity contribution in [2.75, 3.05) is 16.8 Å². The summed E-state index contributed by atoms with van der Waals surface area (Å²) in [6.07, 6.45) is 1.91. The first-order valence-corrected chi connectivity index (χ1v) is 9.76. The van der Waals surface area contributed by atoms with Crippen molar-refractivity contribution in [3.63, 3.8) is 0 Å². The quantitative estimate of drug-likeness (QED) is 0.703. The van der Waals surface area contributed by atoms with Crippen LogP contribution in [-0.2, 0) is 9.59 Å². The normalized spacial score (nSPS) is 17.2. The van der Waals surface area contributed by atoms with Gasteiger partial charge in [0.2, 0.25) is 5.91 Å². The van der Waals surface area contributed by atoms with Crippen LogP contribution in [0.5, 0.6) is 0 Å². The minimum Gasteiger partial charge on any atom is -0.463 e. The predicted octanol–water partition coefficient (Wildman–Crippen LogP) is 2.70. The van der Waals surface area contributed by atoms with Crippen molar-refractivity contribution in [3.05, 3.63) is 84.3 Å². The van der Waals surface area contributed by atoms with Crippen LogP contribution in [0.2, 0.25) is 0 Å². The molecular weight excluding hydrogens is 366 g/mol. The Morgan fingerprint density at radius 3 is 2.66 bits per heavy atom. The van der Waals surface area contributed by atoms with Gasteiger partial charge in [-0.15, -0.1) is 0 Å². The van der Waals surface area contributed by atoms with Crippen LogP contribution in [0, 0.1) is 0 Å². The lowest BCUT2D eigenvalue weighted by Gasteiger charge is -2.27. The molecule has 0 spiro atoms. The van der Waals surface area contributed by atoms with E-state index >= 15 is 0 Å². The highest BCUT2D eigenvalue weighted by atomic mass is 16.3. The van der Waals surface area contributed by atoms with Gasteiger partial charge in [0.1, 0.15) is 0 Å². The van der Waals surface area contributed by atoms with Gasteiger partial charge in [-0.3, -0.25) is 9.59 Å². The molecule has 2 amide bonds. The second-order valence-corrected chi connectivity index (χ2v) is 7.23. The van der Waals surface area contributed by atoms with E-state index in [9.17, 15) is 9.59 Å². The fourth-order valence-electron chi connectivity index (χ4n) is 3.83. The van der Waals surface area contributed by atoms with Crippen LogP contribution >= 0.6 is 0 Å². The van der Waals surface area contributed by atoms with E-state index in [0.717, 1.165) is 17.0 Å². The lowest BCUT2D eigenvalue weighted by atomic mass is 10.0. The third-order valence-corrected chi connectivity index (χ3v) is 5.16. The second-order valence-electron chi connectivity index (χ2n) is 7.23. The number of anilines is 2. The Morgan fingerprint density at radius 2 is 1.90 bits per heavy atom. The van der Waals surface area contributed by atoms with E-state index in [2.05, 4.69) is 5.32 Å². The lowest BCUT2D eigenvalue weighted by Crippen LogP contribution is -2.88. The number of carbonyl (C=O) groups is 2. The SMILES string of the molecule is C[C@@H]1CC(=O)Nc2ccccc2N1C(=O)C[NH2+][C@H](c1ccccc1)c1ccco1. The summed E-state index contributed by atoms with van der Waals surface area (Å²) in [6, 6.07) is 20.8. The number of quaternary nitrogens is 1. The topological polar surface area (TPSA) is 79.2 Å². The molecule has 0 saturated heterocycles. The second kappa shape index (κ2) is 8.32. The fourth-order valence-corrected chi connectivity index (χ4v) is 3.83. The third-order valence-electron chi connectivity index (χ3n) is 5.16. The summed E-state index contributed by atoms with van der Waals surface area (Å²) in [5.74, 6) is 0.668. The van der Waals surface area contributed by atoms with E-state index < -0.39 is 0 Å². The number of carbonyl (C=O) groups excluding carboxylic acids is 2.